The van der Waals surface area contributed by atoms with Gasteiger partial charge in [-0.15, -0.1) is 0 Å². The fourth-order valence-electron chi connectivity index (χ4n) is 4.05. The minimum atomic E-state index is 0.500. The molecule has 0 amide bonds. The van der Waals surface area contributed by atoms with Crippen molar-refractivity contribution in [3.05, 3.63) is 34.9 Å². The molecule has 3 rings (SSSR count). The van der Waals surface area contributed by atoms with Crippen LogP contribution in [0.5, 0.6) is 0 Å². The summed E-state index contributed by atoms with van der Waals surface area (Å²) >= 11 is 0. The van der Waals surface area contributed by atoms with Gasteiger partial charge in [-0.05, 0) is 74.6 Å². The number of hydrogen-bond acceptors (Lipinski definition) is 1. The van der Waals surface area contributed by atoms with Crippen molar-refractivity contribution in [2.75, 3.05) is 6.54 Å². The second-order valence-electron chi connectivity index (χ2n) is 7.22. The third kappa shape index (κ3) is 4.10. The van der Waals surface area contributed by atoms with Gasteiger partial charge in [0.1, 0.15) is 0 Å². The highest BCUT2D eigenvalue weighted by Gasteiger charge is 2.15. The van der Waals surface area contributed by atoms with Gasteiger partial charge >= 0.3 is 0 Å². The van der Waals surface area contributed by atoms with Crippen LogP contribution in [-0.4, -0.2) is 6.54 Å². The largest absolute Gasteiger partial charge is 0.310 e. The monoisotopic (exact) mass is 285 g/mol. The Hall–Kier alpha value is -0.820. The molecule has 0 heterocycles. The van der Waals surface area contributed by atoms with Crippen molar-refractivity contribution in [3.8, 4) is 0 Å². The molecule has 1 aromatic carbocycles. The van der Waals surface area contributed by atoms with Crippen LogP contribution in [0.2, 0.25) is 0 Å². The lowest BCUT2D eigenvalue weighted by atomic mass is 9.89. The van der Waals surface area contributed by atoms with Gasteiger partial charge in [-0.1, -0.05) is 43.9 Å². The summed E-state index contributed by atoms with van der Waals surface area (Å²) in [6, 6.07) is 7.71. The van der Waals surface area contributed by atoms with E-state index in [-0.39, 0.29) is 0 Å². The summed E-state index contributed by atoms with van der Waals surface area (Å²) in [4.78, 5) is 0. The van der Waals surface area contributed by atoms with Crippen molar-refractivity contribution in [2.45, 2.75) is 77.2 Å². The Balaban J connectivity index is 1.56. The van der Waals surface area contributed by atoms with Gasteiger partial charge in [0.25, 0.3) is 0 Å². The molecule has 1 heteroatoms. The molecule has 0 saturated heterocycles. The molecule has 1 nitrogen and oxygen atoms in total. The quantitative estimate of drug-likeness (QED) is 0.751. The Bertz CT molecular complexity index is 443. The third-order valence-electron chi connectivity index (χ3n) is 5.56. The highest BCUT2D eigenvalue weighted by Crippen LogP contribution is 2.26. The summed E-state index contributed by atoms with van der Waals surface area (Å²) < 4.78 is 0. The fourth-order valence-corrected chi connectivity index (χ4v) is 4.05. The minimum absolute atomic E-state index is 0.500. The Morgan fingerprint density at radius 2 is 1.67 bits per heavy atom. The summed E-state index contributed by atoms with van der Waals surface area (Å²) in [5.74, 6) is 0.910. The van der Waals surface area contributed by atoms with Gasteiger partial charge in [0.2, 0.25) is 0 Å². The second-order valence-corrected chi connectivity index (χ2v) is 7.22. The normalized spacial score (nSPS) is 21.6. The number of fused-ring (bicyclic) bond motifs is 1. The third-order valence-corrected chi connectivity index (χ3v) is 5.56. The van der Waals surface area contributed by atoms with Gasteiger partial charge in [0, 0.05) is 6.04 Å². The van der Waals surface area contributed by atoms with Crippen molar-refractivity contribution in [1.29, 1.82) is 0 Å². The van der Waals surface area contributed by atoms with Gasteiger partial charge in [0.05, 0.1) is 0 Å². The van der Waals surface area contributed by atoms with Crippen LogP contribution in [0.1, 0.15) is 81.0 Å². The minimum Gasteiger partial charge on any atom is -0.310 e. The van der Waals surface area contributed by atoms with Crippen molar-refractivity contribution < 1.29 is 0 Å². The molecule has 1 aromatic rings. The predicted molar refractivity (Wildman–Crippen MR) is 90.7 cm³/mol. The van der Waals surface area contributed by atoms with Crippen LogP contribution in [0.15, 0.2) is 18.2 Å². The molecule has 0 bridgehead atoms. The molecule has 1 fully saturated rings. The van der Waals surface area contributed by atoms with Gasteiger partial charge in [-0.3, -0.25) is 0 Å². The lowest BCUT2D eigenvalue weighted by molar-refractivity contribution is 0.403. The van der Waals surface area contributed by atoms with E-state index in [0.29, 0.717) is 6.04 Å². The maximum absolute atomic E-state index is 3.80. The summed E-state index contributed by atoms with van der Waals surface area (Å²) in [5.41, 5.74) is 4.70. The molecule has 0 aromatic heterocycles. The summed E-state index contributed by atoms with van der Waals surface area (Å²) in [5, 5.41) is 3.80. The Morgan fingerprint density at radius 1 is 0.952 bits per heavy atom. The van der Waals surface area contributed by atoms with E-state index in [4.69, 9.17) is 0 Å². The Kier molecular flexibility index (Phi) is 5.35. The zero-order chi connectivity index (χ0) is 14.5. The first-order chi connectivity index (χ1) is 10.3. The molecule has 116 valence electrons. The predicted octanol–water partition coefficient (Wildman–Crippen LogP) is 5.19. The van der Waals surface area contributed by atoms with E-state index >= 15 is 0 Å². The zero-order valence-corrected chi connectivity index (χ0v) is 13.7. The SMILES string of the molecule is CC(NCC1CCCCCC1)c1ccc2c(c1)CCCC2. The van der Waals surface area contributed by atoms with Crippen LogP contribution in [-0.2, 0) is 12.8 Å². The van der Waals surface area contributed by atoms with Crippen LogP contribution in [0, 0.1) is 5.92 Å². The summed E-state index contributed by atoms with van der Waals surface area (Å²) in [6.45, 7) is 3.54. The topological polar surface area (TPSA) is 12.0 Å². The smallest absolute Gasteiger partial charge is 0.0292 e. The van der Waals surface area contributed by atoms with E-state index in [1.54, 1.807) is 11.1 Å². The molecule has 21 heavy (non-hydrogen) atoms. The fraction of sp³-hybridized carbons (Fsp3) is 0.700. The maximum Gasteiger partial charge on any atom is 0.0292 e. The molecular weight excluding hydrogens is 254 g/mol. The molecule has 0 spiro atoms. The number of nitrogens with one attached hydrogen (secondary N) is 1. The molecule has 0 radical (unpaired) electrons. The van der Waals surface area contributed by atoms with Gasteiger partial charge in [0.15, 0.2) is 0 Å². The molecule has 0 aliphatic heterocycles. The number of benzene rings is 1. The number of rotatable bonds is 4. The average molecular weight is 285 g/mol. The van der Waals surface area contributed by atoms with Crippen LogP contribution >= 0.6 is 0 Å². The molecule has 1 N–H and O–H groups in total. The van der Waals surface area contributed by atoms with Gasteiger partial charge in [-0.2, -0.15) is 0 Å². The van der Waals surface area contributed by atoms with E-state index < -0.39 is 0 Å². The first kappa shape index (κ1) is 15.1. The van der Waals surface area contributed by atoms with Gasteiger partial charge in [-0.25, -0.2) is 0 Å². The van der Waals surface area contributed by atoms with Crippen molar-refractivity contribution >= 4 is 0 Å². The van der Waals surface area contributed by atoms with E-state index in [1.807, 2.05) is 0 Å². The van der Waals surface area contributed by atoms with E-state index in [0.717, 1.165) is 5.92 Å². The van der Waals surface area contributed by atoms with Crippen molar-refractivity contribution in [1.82, 2.24) is 5.32 Å². The summed E-state index contributed by atoms with van der Waals surface area (Å²) in [6.07, 6.45) is 14.0. The first-order valence-corrected chi connectivity index (χ1v) is 9.18. The van der Waals surface area contributed by atoms with Crippen LogP contribution in [0.4, 0.5) is 0 Å². The Labute approximate surface area is 130 Å². The second kappa shape index (κ2) is 7.45. The lowest BCUT2D eigenvalue weighted by Crippen LogP contribution is -2.25. The maximum atomic E-state index is 3.80. The Morgan fingerprint density at radius 3 is 2.43 bits per heavy atom. The number of aryl methyl sites for hydroxylation is 2. The molecular formula is C20H31N. The molecule has 2 aliphatic rings. The zero-order valence-electron chi connectivity index (χ0n) is 13.7. The van der Waals surface area contributed by atoms with Gasteiger partial charge < -0.3 is 5.32 Å². The summed E-state index contributed by atoms with van der Waals surface area (Å²) in [7, 11) is 0. The number of hydrogen-bond donors (Lipinski definition) is 1. The molecule has 1 saturated carbocycles. The first-order valence-electron chi connectivity index (χ1n) is 9.18. The van der Waals surface area contributed by atoms with E-state index in [9.17, 15) is 0 Å². The van der Waals surface area contributed by atoms with Crippen LogP contribution < -0.4 is 5.32 Å². The van der Waals surface area contributed by atoms with Crippen LogP contribution in [0.3, 0.4) is 0 Å². The highest BCUT2D eigenvalue weighted by molar-refractivity contribution is 5.35. The van der Waals surface area contributed by atoms with Crippen LogP contribution in [0.25, 0.3) is 0 Å². The standard InChI is InChI=1S/C20H31N/c1-16(21-15-17-8-4-2-3-5-9-17)19-13-12-18-10-6-7-11-20(18)14-19/h12-14,16-17,21H,2-11,15H2,1H3. The van der Waals surface area contributed by atoms with E-state index in [2.05, 4.69) is 30.4 Å². The highest BCUT2D eigenvalue weighted by atomic mass is 14.9. The van der Waals surface area contributed by atoms with Crippen molar-refractivity contribution in [3.63, 3.8) is 0 Å². The molecule has 1 unspecified atom stereocenters. The lowest BCUT2D eigenvalue weighted by Gasteiger charge is -2.22. The molecule has 2 aliphatic carbocycles. The average Bonchev–Trinajstić information content (AvgIpc) is 2.81. The molecule has 1 atom stereocenters. The van der Waals surface area contributed by atoms with E-state index in [1.165, 1.54) is 76.3 Å². The van der Waals surface area contributed by atoms with Crippen molar-refractivity contribution in [2.24, 2.45) is 5.92 Å².